The molecule has 0 saturated carbocycles. The molecule has 0 fully saturated rings. The molecule has 0 bridgehead atoms. The first-order valence-electron chi connectivity index (χ1n) is 4.77. The fourth-order valence-electron chi connectivity index (χ4n) is 1.29. The van der Waals surface area contributed by atoms with Crippen molar-refractivity contribution in [2.24, 2.45) is 5.73 Å². The van der Waals surface area contributed by atoms with E-state index in [1.807, 2.05) is 6.92 Å². The maximum absolute atomic E-state index is 5.77. The number of hydrogen-bond acceptors (Lipinski definition) is 1. The molecule has 0 amide bonds. The van der Waals surface area contributed by atoms with Crippen molar-refractivity contribution in [3.63, 3.8) is 0 Å². The van der Waals surface area contributed by atoms with Crippen LogP contribution in [-0.4, -0.2) is 0 Å². The number of nitrogens with two attached hydrogens (primary N) is 1. The monoisotopic (exact) mass is 177 g/mol. The quantitative estimate of drug-likeness (QED) is 0.701. The highest BCUT2D eigenvalue weighted by Gasteiger charge is 2.12. The van der Waals surface area contributed by atoms with Crippen LogP contribution in [0.4, 0.5) is 0 Å². The van der Waals surface area contributed by atoms with Crippen LogP contribution in [0.3, 0.4) is 0 Å². The van der Waals surface area contributed by atoms with Gasteiger partial charge in [0, 0.05) is 6.04 Å². The third-order valence-electron chi connectivity index (χ3n) is 2.30. The summed E-state index contributed by atoms with van der Waals surface area (Å²) >= 11 is 0. The van der Waals surface area contributed by atoms with Gasteiger partial charge in [-0.25, -0.2) is 0 Å². The lowest BCUT2D eigenvalue weighted by Gasteiger charge is -2.19. The molecule has 1 aromatic carbocycles. The van der Waals surface area contributed by atoms with E-state index in [2.05, 4.69) is 45.0 Å². The second-order valence-electron chi connectivity index (χ2n) is 4.66. The normalized spacial score (nSPS) is 14.2. The summed E-state index contributed by atoms with van der Waals surface area (Å²) in [4.78, 5) is 0. The summed E-state index contributed by atoms with van der Waals surface area (Å²) < 4.78 is 0. The van der Waals surface area contributed by atoms with Crippen LogP contribution >= 0.6 is 0 Å². The van der Waals surface area contributed by atoms with Gasteiger partial charge in [0.2, 0.25) is 0 Å². The zero-order chi connectivity index (χ0) is 10.1. The van der Waals surface area contributed by atoms with E-state index in [0.717, 1.165) is 0 Å². The van der Waals surface area contributed by atoms with Gasteiger partial charge < -0.3 is 5.73 Å². The Morgan fingerprint density at radius 1 is 1.08 bits per heavy atom. The second-order valence-corrected chi connectivity index (χ2v) is 4.66. The minimum Gasteiger partial charge on any atom is -0.324 e. The van der Waals surface area contributed by atoms with Gasteiger partial charge in [-0.1, -0.05) is 45.0 Å². The first kappa shape index (κ1) is 10.3. The molecule has 0 unspecified atom stereocenters. The molecule has 13 heavy (non-hydrogen) atoms. The molecule has 0 spiro atoms. The molecule has 0 saturated heterocycles. The summed E-state index contributed by atoms with van der Waals surface area (Å²) in [7, 11) is 0. The molecule has 0 aliphatic carbocycles. The van der Waals surface area contributed by atoms with Crippen molar-refractivity contribution in [3.05, 3.63) is 35.4 Å². The third-order valence-corrected chi connectivity index (χ3v) is 2.30. The molecule has 0 aromatic heterocycles. The van der Waals surface area contributed by atoms with E-state index < -0.39 is 0 Å². The Morgan fingerprint density at radius 2 is 1.54 bits per heavy atom. The van der Waals surface area contributed by atoms with Crippen LogP contribution in [0.1, 0.15) is 44.9 Å². The highest BCUT2D eigenvalue weighted by atomic mass is 14.6. The van der Waals surface area contributed by atoms with Crippen molar-refractivity contribution in [2.75, 3.05) is 0 Å². The largest absolute Gasteiger partial charge is 0.324 e. The van der Waals surface area contributed by atoms with E-state index in [4.69, 9.17) is 5.73 Å². The van der Waals surface area contributed by atoms with Crippen LogP contribution in [0.15, 0.2) is 24.3 Å². The van der Waals surface area contributed by atoms with E-state index in [-0.39, 0.29) is 11.5 Å². The highest BCUT2D eigenvalue weighted by Crippen LogP contribution is 2.23. The highest BCUT2D eigenvalue weighted by molar-refractivity contribution is 5.28. The summed E-state index contributed by atoms with van der Waals surface area (Å²) in [6.07, 6.45) is 0. The maximum Gasteiger partial charge on any atom is 0.0266 e. The lowest BCUT2D eigenvalue weighted by atomic mass is 9.86. The molecule has 1 heteroatoms. The fraction of sp³-hybridized carbons (Fsp3) is 0.500. The van der Waals surface area contributed by atoms with Crippen molar-refractivity contribution >= 4 is 0 Å². The topological polar surface area (TPSA) is 26.0 Å². The van der Waals surface area contributed by atoms with Crippen LogP contribution < -0.4 is 5.73 Å². The first-order valence-corrected chi connectivity index (χ1v) is 4.77. The van der Waals surface area contributed by atoms with Crippen LogP contribution in [0.5, 0.6) is 0 Å². The molecule has 1 nitrogen and oxygen atoms in total. The van der Waals surface area contributed by atoms with Gasteiger partial charge in [-0.05, 0) is 23.5 Å². The van der Waals surface area contributed by atoms with Crippen LogP contribution in [0.2, 0.25) is 0 Å². The van der Waals surface area contributed by atoms with E-state index in [1.165, 1.54) is 11.1 Å². The number of rotatable bonds is 1. The zero-order valence-electron chi connectivity index (χ0n) is 8.96. The van der Waals surface area contributed by atoms with Gasteiger partial charge >= 0.3 is 0 Å². The molecule has 0 radical (unpaired) electrons. The van der Waals surface area contributed by atoms with E-state index >= 15 is 0 Å². The van der Waals surface area contributed by atoms with Gasteiger partial charge in [0.05, 0.1) is 0 Å². The standard InChI is InChI=1S/C12H19N/c1-9(13)10-5-7-11(8-6-10)12(2,3)4/h5-9H,13H2,1-4H3/t9-/m1/s1. The summed E-state index contributed by atoms with van der Waals surface area (Å²) in [6, 6.07) is 8.70. The molecule has 0 aliphatic heterocycles. The van der Waals surface area contributed by atoms with Gasteiger partial charge in [-0.15, -0.1) is 0 Å². The van der Waals surface area contributed by atoms with Crippen LogP contribution in [0.25, 0.3) is 0 Å². The van der Waals surface area contributed by atoms with Gasteiger partial charge in [-0.3, -0.25) is 0 Å². The van der Waals surface area contributed by atoms with E-state index in [0.29, 0.717) is 0 Å². The lowest BCUT2D eigenvalue weighted by molar-refractivity contribution is 0.589. The van der Waals surface area contributed by atoms with Gasteiger partial charge in [-0.2, -0.15) is 0 Å². The average Bonchev–Trinajstić information content (AvgIpc) is 2.03. The van der Waals surface area contributed by atoms with Crippen molar-refractivity contribution in [1.29, 1.82) is 0 Å². The van der Waals surface area contributed by atoms with Crippen molar-refractivity contribution in [1.82, 2.24) is 0 Å². The van der Waals surface area contributed by atoms with Gasteiger partial charge in [0.15, 0.2) is 0 Å². The van der Waals surface area contributed by atoms with Crippen LogP contribution in [0, 0.1) is 0 Å². The Morgan fingerprint density at radius 3 is 1.85 bits per heavy atom. The predicted octanol–water partition coefficient (Wildman–Crippen LogP) is 3.00. The minimum absolute atomic E-state index is 0.133. The Bertz CT molecular complexity index is 264. The molecule has 0 heterocycles. The predicted molar refractivity (Wildman–Crippen MR) is 57.7 cm³/mol. The summed E-state index contributed by atoms with van der Waals surface area (Å²) in [5, 5.41) is 0. The smallest absolute Gasteiger partial charge is 0.0266 e. The molecule has 72 valence electrons. The van der Waals surface area contributed by atoms with Crippen molar-refractivity contribution in [3.8, 4) is 0 Å². The second kappa shape index (κ2) is 3.51. The molecule has 1 atom stereocenters. The molecule has 0 aliphatic rings. The molecular formula is C12H19N. The third kappa shape index (κ3) is 2.56. The summed E-state index contributed by atoms with van der Waals surface area (Å²) in [6.45, 7) is 8.65. The SMILES string of the molecule is C[C@@H](N)c1ccc(C(C)(C)C)cc1. The number of hydrogen-bond donors (Lipinski definition) is 1. The average molecular weight is 177 g/mol. The Balaban J connectivity index is 2.94. The van der Waals surface area contributed by atoms with E-state index in [1.54, 1.807) is 0 Å². The first-order chi connectivity index (χ1) is 5.91. The molecule has 2 N–H and O–H groups in total. The zero-order valence-corrected chi connectivity index (χ0v) is 8.96. The van der Waals surface area contributed by atoms with Gasteiger partial charge in [0.1, 0.15) is 0 Å². The van der Waals surface area contributed by atoms with Crippen molar-refractivity contribution in [2.45, 2.75) is 39.2 Å². The number of benzene rings is 1. The summed E-state index contributed by atoms with van der Waals surface area (Å²) in [5.41, 5.74) is 8.57. The molecule has 1 aromatic rings. The lowest BCUT2D eigenvalue weighted by Crippen LogP contribution is -2.11. The fourth-order valence-corrected chi connectivity index (χ4v) is 1.29. The van der Waals surface area contributed by atoms with Crippen LogP contribution in [-0.2, 0) is 5.41 Å². The Kier molecular flexibility index (Phi) is 2.77. The Hall–Kier alpha value is -0.820. The minimum atomic E-state index is 0.133. The molecule has 1 rings (SSSR count). The Labute approximate surface area is 81.0 Å². The van der Waals surface area contributed by atoms with Crippen molar-refractivity contribution < 1.29 is 0 Å². The van der Waals surface area contributed by atoms with E-state index in [9.17, 15) is 0 Å². The van der Waals surface area contributed by atoms with Gasteiger partial charge in [0.25, 0.3) is 0 Å². The maximum atomic E-state index is 5.77. The molecular weight excluding hydrogens is 158 g/mol. The summed E-state index contributed by atoms with van der Waals surface area (Å²) in [5.74, 6) is 0.